The van der Waals surface area contributed by atoms with Crippen molar-refractivity contribution in [2.75, 3.05) is 12.4 Å². The maximum absolute atomic E-state index is 12.6. The average molecular weight is 354 g/mol. The summed E-state index contributed by atoms with van der Waals surface area (Å²) in [7, 11) is 1.24. The molecule has 1 heterocycles. The van der Waals surface area contributed by atoms with Crippen LogP contribution in [0, 0.1) is 5.92 Å². The lowest BCUT2D eigenvalue weighted by molar-refractivity contribution is 0.0601. The number of esters is 1. The predicted octanol–water partition coefficient (Wildman–Crippen LogP) is 2.18. The molecule has 0 radical (unpaired) electrons. The second-order valence-electron chi connectivity index (χ2n) is 6.33. The summed E-state index contributed by atoms with van der Waals surface area (Å²) in [5.74, 6) is -1.25. The number of H-pyrrole nitrogens is 1. The molecule has 1 unspecified atom stereocenters. The van der Waals surface area contributed by atoms with Crippen LogP contribution in [0.25, 0.3) is 0 Å². The summed E-state index contributed by atoms with van der Waals surface area (Å²) in [6.45, 7) is 1.93. The summed E-state index contributed by atoms with van der Waals surface area (Å²) >= 11 is 0. The highest BCUT2D eigenvalue weighted by Gasteiger charge is 2.26. The van der Waals surface area contributed by atoms with Crippen LogP contribution in [0.1, 0.15) is 50.1 Å². The fourth-order valence-corrected chi connectivity index (χ4v) is 3.06. The van der Waals surface area contributed by atoms with Gasteiger partial charge in [0.2, 0.25) is 0 Å². The van der Waals surface area contributed by atoms with E-state index in [0.29, 0.717) is 24.1 Å². The lowest BCUT2D eigenvalue weighted by atomic mass is 9.86. The van der Waals surface area contributed by atoms with Crippen molar-refractivity contribution in [3.05, 3.63) is 63.1 Å². The third kappa shape index (κ3) is 3.28. The largest absolute Gasteiger partial charge is 0.465 e. The van der Waals surface area contributed by atoms with Gasteiger partial charge in [-0.15, -0.1) is 0 Å². The number of aromatic nitrogens is 1. The second kappa shape index (κ2) is 6.95. The highest BCUT2D eigenvalue weighted by Crippen LogP contribution is 2.24. The van der Waals surface area contributed by atoms with E-state index in [1.54, 1.807) is 12.1 Å². The minimum atomic E-state index is -0.697. The summed E-state index contributed by atoms with van der Waals surface area (Å²) in [5.41, 5.74) is 0.577. The third-order valence-electron chi connectivity index (χ3n) is 4.33. The Hall–Kier alpha value is -3.22. The van der Waals surface area contributed by atoms with Gasteiger partial charge in [0.25, 0.3) is 11.5 Å². The number of Topliss-reactive ketones (excluding diaryl/α,β-unsaturated/α-hetero) is 1. The Morgan fingerprint density at radius 2 is 1.88 bits per heavy atom. The molecule has 1 aliphatic carbocycles. The Morgan fingerprint density at radius 1 is 1.15 bits per heavy atom. The lowest BCUT2D eigenvalue weighted by Gasteiger charge is -2.20. The molecule has 1 aromatic carbocycles. The van der Waals surface area contributed by atoms with E-state index < -0.39 is 17.4 Å². The van der Waals surface area contributed by atoms with Crippen LogP contribution in [0.15, 0.2) is 35.1 Å². The molecule has 1 aromatic heterocycles. The first kappa shape index (κ1) is 17.6. The van der Waals surface area contributed by atoms with Crippen LogP contribution in [0.2, 0.25) is 0 Å². The summed E-state index contributed by atoms with van der Waals surface area (Å²) in [6.07, 6.45) is 0.967. The van der Waals surface area contributed by atoms with Crippen LogP contribution in [0.4, 0.5) is 5.69 Å². The summed E-state index contributed by atoms with van der Waals surface area (Å²) in [5, 5.41) is 2.54. The fraction of sp³-hybridized carbons (Fsp3) is 0.263. The number of anilines is 1. The van der Waals surface area contributed by atoms with E-state index in [1.165, 1.54) is 25.3 Å². The van der Waals surface area contributed by atoms with E-state index in [4.69, 9.17) is 0 Å². The number of aromatic amines is 1. The molecule has 0 spiro atoms. The topological polar surface area (TPSA) is 105 Å². The van der Waals surface area contributed by atoms with E-state index >= 15 is 0 Å². The SMILES string of the molecule is COC(=O)c1ccccc1NC(=O)c1cc2c([nH]c1=O)CC(C)CC2=O. The van der Waals surface area contributed by atoms with Gasteiger partial charge in [0.15, 0.2) is 5.78 Å². The molecule has 0 bridgehead atoms. The number of methoxy groups -OCH3 is 1. The van der Waals surface area contributed by atoms with E-state index in [1.807, 2.05) is 6.92 Å². The summed E-state index contributed by atoms with van der Waals surface area (Å²) in [4.78, 5) is 51.5. The molecule has 134 valence electrons. The van der Waals surface area contributed by atoms with Crippen LogP contribution in [0.5, 0.6) is 0 Å². The van der Waals surface area contributed by atoms with Crippen molar-refractivity contribution < 1.29 is 19.1 Å². The molecule has 2 N–H and O–H groups in total. The van der Waals surface area contributed by atoms with E-state index in [9.17, 15) is 19.2 Å². The number of carbonyl (C=O) groups is 3. The molecule has 7 nitrogen and oxygen atoms in total. The van der Waals surface area contributed by atoms with Gasteiger partial charge in [-0.2, -0.15) is 0 Å². The molecule has 0 aliphatic heterocycles. The van der Waals surface area contributed by atoms with Crippen LogP contribution < -0.4 is 10.9 Å². The molecule has 0 fully saturated rings. The van der Waals surface area contributed by atoms with Crippen molar-refractivity contribution in [2.45, 2.75) is 19.8 Å². The number of nitrogens with one attached hydrogen (secondary N) is 2. The first-order valence-electron chi connectivity index (χ1n) is 8.18. The van der Waals surface area contributed by atoms with E-state index in [-0.39, 0.29) is 28.5 Å². The first-order chi connectivity index (χ1) is 12.4. The number of rotatable bonds is 3. The highest BCUT2D eigenvalue weighted by molar-refractivity contribution is 6.09. The molecule has 3 rings (SSSR count). The highest BCUT2D eigenvalue weighted by atomic mass is 16.5. The minimum Gasteiger partial charge on any atom is -0.465 e. The van der Waals surface area contributed by atoms with Gasteiger partial charge < -0.3 is 15.0 Å². The van der Waals surface area contributed by atoms with Gasteiger partial charge in [-0.1, -0.05) is 19.1 Å². The number of hydrogen-bond acceptors (Lipinski definition) is 5. The number of para-hydroxylation sites is 1. The van der Waals surface area contributed by atoms with Gasteiger partial charge in [-0.05, 0) is 30.5 Å². The number of carbonyl (C=O) groups excluding carboxylic acids is 3. The van der Waals surface area contributed by atoms with Crippen LogP contribution in [0.3, 0.4) is 0 Å². The zero-order chi connectivity index (χ0) is 18.8. The van der Waals surface area contributed by atoms with Gasteiger partial charge in [0.1, 0.15) is 5.56 Å². The number of pyridine rings is 1. The Balaban J connectivity index is 1.95. The minimum absolute atomic E-state index is 0.0981. The number of ketones is 1. The van der Waals surface area contributed by atoms with Crippen molar-refractivity contribution in [3.8, 4) is 0 Å². The molecule has 7 heteroatoms. The molecule has 26 heavy (non-hydrogen) atoms. The molecule has 1 atom stereocenters. The predicted molar refractivity (Wildman–Crippen MR) is 94.6 cm³/mol. The molecule has 0 saturated carbocycles. The molecule has 1 aliphatic rings. The molecule has 0 saturated heterocycles. The van der Waals surface area contributed by atoms with Crippen molar-refractivity contribution in [1.82, 2.24) is 4.98 Å². The Bertz CT molecular complexity index is 961. The molecule has 2 aromatic rings. The van der Waals surface area contributed by atoms with Gasteiger partial charge in [-0.25, -0.2) is 4.79 Å². The van der Waals surface area contributed by atoms with Crippen molar-refractivity contribution in [2.24, 2.45) is 5.92 Å². The molecule has 1 amide bonds. The zero-order valence-electron chi connectivity index (χ0n) is 14.4. The summed E-state index contributed by atoms with van der Waals surface area (Å²) < 4.78 is 4.68. The number of ether oxygens (including phenoxy) is 1. The van der Waals surface area contributed by atoms with Gasteiger partial charge in [0.05, 0.1) is 18.4 Å². The fourth-order valence-electron chi connectivity index (χ4n) is 3.06. The second-order valence-corrected chi connectivity index (χ2v) is 6.33. The summed E-state index contributed by atoms with van der Waals surface area (Å²) in [6, 6.07) is 7.64. The van der Waals surface area contributed by atoms with Crippen molar-refractivity contribution in [1.29, 1.82) is 0 Å². The molecular weight excluding hydrogens is 336 g/mol. The number of amides is 1. The monoisotopic (exact) mass is 354 g/mol. The maximum Gasteiger partial charge on any atom is 0.339 e. The number of benzene rings is 1. The van der Waals surface area contributed by atoms with Gasteiger partial charge in [0, 0.05) is 17.7 Å². The smallest absolute Gasteiger partial charge is 0.339 e. The van der Waals surface area contributed by atoms with Crippen LogP contribution in [-0.2, 0) is 11.2 Å². The quantitative estimate of drug-likeness (QED) is 0.822. The lowest BCUT2D eigenvalue weighted by Crippen LogP contribution is -2.29. The Labute approximate surface area is 149 Å². The average Bonchev–Trinajstić information content (AvgIpc) is 2.60. The Kier molecular flexibility index (Phi) is 4.71. The van der Waals surface area contributed by atoms with Crippen molar-refractivity contribution in [3.63, 3.8) is 0 Å². The van der Waals surface area contributed by atoms with Crippen LogP contribution in [-0.4, -0.2) is 29.8 Å². The standard InChI is InChI=1S/C19H18N2O5/c1-10-7-15-12(16(22)8-10)9-13(18(24)21-15)17(23)20-14-6-4-3-5-11(14)19(25)26-2/h3-6,9-10H,7-8H2,1-2H3,(H,20,23)(H,21,24). The van der Waals surface area contributed by atoms with E-state index in [0.717, 1.165) is 0 Å². The molecular formula is C19H18N2O5. The van der Waals surface area contributed by atoms with E-state index in [2.05, 4.69) is 15.0 Å². The first-order valence-corrected chi connectivity index (χ1v) is 8.18. The van der Waals surface area contributed by atoms with Gasteiger partial charge >= 0.3 is 5.97 Å². The van der Waals surface area contributed by atoms with Crippen LogP contribution >= 0.6 is 0 Å². The number of hydrogen-bond donors (Lipinski definition) is 2. The zero-order valence-corrected chi connectivity index (χ0v) is 14.4. The Morgan fingerprint density at radius 3 is 2.62 bits per heavy atom. The maximum atomic E-state index is 12.6. The van der Waals surface area contributed by atoms with Gasteiger partial charge in [-0.3, -0.25) is 14.4 Å². The third-order valence-corrected chi connectivity index (χ3v) is 4.33. The normalized spacial score (nSPS) is 15.9. The number of fused-ring (bicyclic) bond motifs is 1. The van der Waals surface area contributed by atoms with Crippen molar-refractivity contribution >= 4 is 23.3 Å².